The number of amides is 1. The molecule has 0 bridgehead atoms. The third-order valence-corrected chi connectivity index (χ3v) is 4.19. The number of carbonyl (C=O) groups excluding carboxylic acids is 1. The minimum atomic E-state index is -0.275. The first-order valence-electron chi connectivity index (χ1n) is 8.24. The SMILES string of the molecule is CCNCCc1c(C)[nH]c(/C=C2/C(=O)NN=C2c2nccnn2)c1C. The van der Waals surface area contributed by atoms with Crippen molar-refractivity contribution in [2.75, 3.05) is 13.1 Å². The second-order valence-corrected chi connectivity index (χ2v) is 5.80. The molecule has 2 aromatic rings. The van der Waals surface area contributed by atoms with Gasteiger partial charge in [-0.1, -0.05) is 6.92 Å². The molecule has 0 unspecified atom stereocenters. The van der Waals surface area contributed by atoms with Gasteiger partial charge in [0.2, 0.25) is 5.82 Å². The summed E-state index contributed by atoms with van der Waals surface area (Å²) in [4.78, 5) is 19.7. The van der Waals surface area contributed by atoms with Gasteiger partial charge in [0.05, 0.1) is 11.8 Å². The Kier molecular flexibility index (Phi) is 4.99. The summed E-state index contributed by atoms with van der Waals surface area (Å²) >= 11 is 0. The van der Waals surface area contributed by atoms with E-state index in [-0.39, 0.29) is 5.91 Å². The van der Waals surface area contributed by atoms with Crippen LogP contribution in [0.15, 0.2) is 23.1 Å². The summed E-state index contributed by atoms with van der Waals surface area (Å²) in [6.07, 6.45) is 5.74. The average molecular weight is 339 g/mol. The third kappa shape index (κ3) is 3.48. The maximum atomic E-state index is 12.2. The van der Waals surface area contributed by atoms with Crippen molar-refractivity contribution in [3.8, 4) is 0 Å². The quantitative estimate of drug-likeness (QED) is 0.535. The molecule has 8 nitrogen and oxygen atoms in total. The van der Waals surface area contributed by atoms with Crippen LogP contribution in [0.5, 0.6) is 0 Å². The number of likely N-dealkylation sites (N-methyl/N-ethyl adjacent to an activating group) is 1. The molecule has 1 aliphatic heterocycles. The van der Waals surface area contributed by atoms with Crippen molar-refractivity contribution in [2.45, 2.75) is 27.2 Å². The molecule has 130 valence electrons. The fourth-order valence-corrected chi connectivity index (χ4v) is 2.86. The first-order chi connectivity index (χ1) is 12.1. The van der Waals surface area contributed by atoms with Crippen LogP contribution in [0.25, 0.3) is 6.08 Å². The van der Waals surface area contributed by atoms with E-state index in [0.29, 0.717) is 17.1 Å². The standard InChI is InChI=1S/C17H21N7O/c1-4-18-6-5-12-10(2)14(21-11(12)3)9-13-15(22-24-17(13)25)16-19-7-8-20-23-16/h7-9,18,21H,4-6H2,1-3H3,(H,24,25)/b13-9+. The first-order valence-corrected chi connectivity index (χ1v) is 8.24. The van der Waals surface area contributed by atoms with Crippen LogP contribution in [-0.4, -0.2) is 44.9 Å². The van der Waals surface area contributed by atoms with Crippen LogP contribution in [0.1, 0.15) is 35.3 Å². The highest BCUT2D eigenvalue weighted by atomic mass is 16.2. The molecule has 0 aromatic carbocycles. The Morgan fingerprint density at radius 1 is 1.28 bits per heavy atom. The lowest BCUT2D eigenvalue weighted by Crippen LogP contribution is -2.16. The lowest BCUT2D eigenvalue weighted by Gasteiger charge is -2.03. The lowest BCUT2D eigenvalue weighted by molar-refractivity contribution is -0.116. The van der Waals surface area contributed by atoms with Gasteiger partial charge < -0.3 is 10.3 Å². The van der Waals surface area contributed by atoms with E-state index in [2.05, 4.69) is 49.9 Å². The lowest BCUT2D eigenvalue weighted by atomic mass is 10.0. The van der Waals surface area contributed by atoms with Crippen molar-refractivity contribution in [3.05, 3.63) is 46.3 Å². The molecule has 0 aliphatic carbocycles. The van der Waals surface area contributed by atoms with E-state index in [1.165, 1.54) is 18.0 Å². The zero-order valence-electron chi connectivity index (χ0n) is 14.6. The van der Waals surface area contributed by atoms with E-state index in [4.69, 9.17) is 0 Å². The van der Waals surface area contributed by atoms with Crippen molar-refractivity contribution < 1.29 is 4.79 Å². The van der Waals surface area contributed by atoms with E-state index in [1.54, 1.807) is 6.08 Å². The fraction of sp³-hybridized carbons (Fsp3) is 0.353. The number of aromatic nitrogens is 4. The highest BCUT2D eigenvalue weighted by Crippen LogP contribution is 2.22. The van der Waals surface area contributed by atoms with Crippen LogP contribution in [0.3, 0.4) is 0 Å². The van der Waals surface area contributed by atoms with Crippen LogP contribution < -0.4 is 10.7 Å². The molecule has 0 fully saturated rings. The van der Waals surface area contributed by atoms with Crippen LogP contribution >= 0.6 is 0 Å². The zero-order valence-corrected chi connectivity index (χ0v) is 14.6. The monoisotopic (exact) mass is 339 g/mol. The molecule has 1 amide bonds. The Balaban J connectivity index is 1.93. The third-order valence-electron chi connectivity index (χ3n) is 4.19. The van der Waals surface area contributed by atoms with Gasteiger partial charge in [-0.05, 0) is 50.6 Å². The smallest absolute Gasteiger partial charge is 0.273 e. The zero-order chi connectivity index (χ0) is 17.8. The van der Waals surface area contributed by atoms with Gasteiger partial charge >= 0.3 is 0 Å². The Bertz CT molecular complexity index is 836. The van der Waals surface area contributed by atoms with E-state index >= 15 is 0 Å². The highest BCUT2D eigenvalue weighted by molar-refractivity contribution is 6.32. The summed E-state index contributed by atoms with van der Waals surface area (Å²) in [5.41, 5.74) is 7.70. The second-order valence-electron chi connectivity index (χ2n) is 5.80. The normalized spacial score (nSPS) is 15.6. The number of carbonyl (C=O) groups is 1. The number of aryl methyl sites for hydroxylation is 1. The Labute approximate surface area is 145 Å². The highest BCUT2D eigenvalue weighted by Gasteiger charge is 2.27. The molecule has 0 radical (unpaired) electrons. The first kappa shape index (κ1) is 17.0. The van der Waals surface area contributed by atoms with Gasteiger partial charge in [0, 0.05) is 17.6 Å². The maximum absolute atomic E-state index is 12.2. The Hall–Kier alpha value is -2.87. The molecule has 1 aliphatic rings. The maximum Gasteiger partial charge on any atom is 0.273 e. The molecule has 25 heavy (non-hydrogen) atoms. The van der Waals surface area contributed by atoms with Crippen LogP contribution in [0.4, 0.5) is 0 Å². The average Bonchev–Trinajstić information content (AvgIpc) is 3.11. The Morgan fingerprint density at radius 3 is 2.84 bits per heavy atom. The van der Waals surface area contributed by atoms with Crippen molar-refractivity contribution >= 4 is 17.7 Å². The van der Waals surface area contributed by atoms with Crippen molar-refractivity contribution in [2.24, 2.45) is 5.10 Å². The number of aromatic amines is 1. The van der Waals surface area contributed by atoms with Crippen LogP contribution in [0.2, 0.25) is 0 Å². The van der Waals surface area contributed by atoms with Gasteiger partial charge in [-0.25, -0.2) is 10.4 Å². The van der Waals surface area contributed by atoms with E-state index in [1.807, 2.05) is 6.92 Å². The predicted molar refractivity (Wildman–Crippen MR) is 95.0 cm³/mol. The second kappa shape index (κ2) is 7.35. The number of rotatable bonds is 6. The molecule has 8 heteroatoms. The van der Waals surface area contributed by atoms with Gasteiger partial charge in [0.25, 0.3) is 5.91 Å². The Morgan fingerprint density at radius 2 is 2.12 bits per heavy atom. The molecular weight excluding hydrogens is 318 g/mol. The number of hydrogen-bond donors (Lipinski definition) is 3. The van der Waals surface area contributed by atoms with E-state index < -0.39 is 0 Å². The fourth-order valence-electron chi connectivity index (χ4n) is 2.86. The van der Waals surface area contributed by atoms with E-state index in [9.17, 15) is 4.79 Å². The van der Waals surface area contributed by atoms with Crippen molar-refractivity contribution in [1.82, 2.24) is 30.9 Å². The number of nitrogens with zero attached hydrogens (tertiary/aromatic N) is 4. The largest absolute Gasteiger partial charge is 0.359 e. The summed E-state index contributed by atoms with van der Waals surface area (Å²) in [5.74, 6) is 0.0451. The molecule has 0 saturated carbocycles. The van der Waals surface area contributed by atoms with Gasteiger partial charge in [0.15, 0.2) is 0 Å². The molecule has 3 N–H and O–H groups in total. The minimum absolute atomic E-state index is 0.275. The van der Waals surface area contributed by atoms with E-state index in [0.717, 1.165) is 36.5 Å². The predicted octanol–water partition coefficient (Wildman–Crippen LogP) is 0.886. The van der Waals surface area contributed by atoms with Gasteiger partial charge in [-0.3, -0.25) is 4.79 Å². The summed E-state index contributed by atoms with van der Waals surface area (Å²) in [6, 6.07) is 0. The summed E-state index contributed by atoms with van der Waals surface area (Å²) in [6.45, 7) is 8.06. The number of H-pyrrole nitrogens is 1. The summed E-state index contributed by atoms with van der Waals surface area (Å²) in [5, 5.41) is 15.1. The molecule has 3 rings (SSSR count). The molecule has 0 atom stereocenters. The molecule has 2 aromatic heterocycles. The number of nitrogens with one attached hydrogen (secondary N) is 3. The molecule has 0 spiro atoms. The molecular formula is C17H21N7O. The van der Waals surface area contributed by atoms with Gasteiger partial charge in [-0.15, -0.1) is 5.10 Å². The minimum Gasteiger partial charge on any atom is -0.359 e. The van der Waals surface area contributed by atoms with Gasteiger partial charge in [-0.2, -0.15) is 10.2 Å². The molecule has 0 saturated heterocycles. The van der Waals surface area contributed by atoms with Crippen LogP contribution in [0, 0.1) is 13.8 Å². The summed E-state index contributed by atoms with van der Waals surface area (Å²) in [7, 11) is 0. The van der Waals surface area contributed by atoms with Crippen molar-refractivity contribution in [1.29, 1.82) is 0 Å². The number of hydrogen-bond acceptors (Lipinski definition) is 6. The summed E-state index contributed by atoms with van der Waals surface area (Å²) < 4.78 is 0. The van der Waals surface area contributed by atoms with Crippen LogP contribution in [-0.2, 0) is 11.2 Å². The van der Waals surface area contributed by atoms with Gasteiger partial charge in [0.1, 0.15) is 5.71 Å². The number of hydrazone groups is 1. The van der Waals surface area contributed by atoms with Crippen molar-refractivity contribution in [3.63, 3.8) is 0 Å². The molecule has 3 heterocycles. The topological polar surface area (TPSA) is 108 Å².